The lowest BCUT2D eigenvalue weighted by molar-refractivity contribution is -0.133. The third kappa shape index (κ3) is 6.20. The molecule has 0 radical (unpaired) electrons. The van der Waals surface area contributed by atoms with Crippen molar-refractivity contribution >= 4 is 5.91 Å². The van der Waals surface area contributed by atoms with Crippen LogP contribution in [0.4, 0.5) is 0 Å². The highest BCUT2D eigenvalue weighted by molar-refractivity contribution is 5.78. The van der Waals surface area contributed by atoms with Gasteiger partial charge in [0.2, 0.25) is 5.91 Å². The summed E-state index contributed by atoms with van der Waals surface area (Å²) in [5, 5.41) is 0. The minimum Gasteiger partial charge on any atom is -0.375 e. The van der Waals surface area contributed by atoms with Crippen molar-refractivity contribution in [3.8, 4) is 0 Å². The lowest BCUT2D eigenvalue weighted by atomic mass is 10.1. The van der Waals surface area contributed by atoms with E-state index < -0.39 is 0 Å². The normalized spacial score (nSPS) is 28.5. The Bertz CT molecular complexity index is 414. The molecule has 3 saturated heterocycles. The first-order chi connectivity index (χ1) is 12.2. The van der Waals surface area contributed by atoms with Crippen molar-refractivity contribution < 1.29 is 9.53 Å². The molecule has 0 aromatic heterocycles. The number of ether oxygens (including phenoxy) is 1. The number of rotatable bonds is 4. The highest BCUT2D eigenvalue weighted by atomic mass is 16.5. The fourth-order valence-corrected chi connectivity index (χ4v) is 4.21. The zero-order valence-corrected chi connectivity index (χ0v) is 16.0. The lowest BCUT2D eigenvalue weighted by Crippen LogP contribution is -2.47. The number of carbonyl (C=O) groups is 1. The Morgan fingerprint density at radius 1 is 0.880 bits per heavy atom. The van der Waals surface area contributed by atoms with Crippen LogP contribution >= 0.6 is 0 Å². The molecule has 25 heavy (non-hydrogen) atoms. The van der Waals surface area contributed by atoms with Gasteiger partial charge in [0.1, 0.15) is 0 Å². The highest BCUT2D eigenvalue weighted by Gasteiger charge is 2.26. The van der Waals surface area contributed by atoms with Crippen LogP contribution in [0.3, 0.4) is 0 Å². The van der Waals surface area contributed by atoms with Gasteiger partial charge in [-0.1, -0.05) is 6.42 Å². The van der Waals surface area contributed by atoms with Gasteiger partial charge in [-0.15, -0.1) is 0 Å². The average Bonchev–Trinajstić information content (AvgIpc) is 2.97. The van der Waals surface area contributed by atoms with Crippen molar-refractivity contribution in [1.82, 2.24) is 19.6 Å². The molecule has 0 spiro atoms. The number of likely N-dealkylation sites (tertiary alicyclic amines) is 1. The summed E-state index contributed by atoms with van der Waals surface area (Å²) in [5.41, 5.74) is 0. The third-order valence-electron chi connectivity index (χ3n) is 5.78. The SMILES string of the molecule is CN1CCCN(CC(=O)N2CCCO[C@@H](CN3CCCCC3)C2)CC1. The Kier molecular flexibility index (Phi) is 7.52. The van der Waals surface area contributed by atoms with Crippen molar-refractivity contribution in [3.63, 3.8) is 0 Å². The number of nitrogens with zero attached hydrogens (tertiary/aromatic N) is 4. The maximum atomic E-state index is 12.9. The van der Waals surface area contributed by atoms with Crippen LogP contribution in [0, 0.1) is 0 Å². The maximum Gasteiger partial charge on any atom is 0.236 e. The van der Waals surface area contributed by atoms with Gasteiger partial charge in [0.05, 0.1) is 12.6 Å². The molecule has 0 unspecified atom stereocenters. The Morgan fingerprint density at radius 3 is 2.52 bits per heavy atom. The van der Waals surface area contributed by atoms with E-state index in [-0.39, 0.29) is 6.10 Å². The van der Waals surface area contributed by atoms with Gasteiger partial charge in [0.15, 0.2) is 0 Å². The molecular formula is C19H36N4O2. The number of carbonyl (C=O) groups excluding carboxylic acids is 1. The number of likely N-dealkylation sites (N-methyl/N-ethyl adjacent to an activating group) is 1. The molecule has 0 aromatic carbocycles. The maximum absolute atomic E-state index is 12.9. The quantitative estimate of drug-likeness (QED) is 0.746. The van der Waals surface area contributed by atoms with Gasteiger partial charge < -0.3 is 19.4 Å². The third-order valence-corrected chi connectivity index (χ3v) is 5.78. The smallest absolute Gasteiger partial charge is 0.236 e. The van der Waals surface area contributed by atoms with Crippen LogP contribution in [0.1, 0.15) is 32.1 Å². The largest absolute Gasteiger partial charge is 0.375 e. The van der Waals surface area contributed by atoms with Gasteiger partial charge in [-0.25, -0.2) is 0 Å². The molecule has 144 valence electrons. The number of hydrogen-bond donors (Lipinski definition) is 0. The topological polar surface area (TPSA) is 39.3 Å². The van der Waals surface area contributed by atoms with Crippen LogP contribution in [0.5, 0.6) is 0 Å². The van der Waals surface area contributed by atoms with Gasteiger partial charge in [-0.3, -0.25) is 9.69 Å². The monoisotopic (exact) mass is 352 g/mol. The van der Waals surface area contributed by atoms with E-state index in [9.17, 15) is 4.79 Å². The molecule has 0 aliphatic carbocycles. The van der Waals surface area contributed by atoms with E-state index in [2.05, 4.69) is 26.6 Å². The zero-order chi connectivity index (χ0) is 17.5. The van der Waals surface area contributed by atoms with Gasteiger partial charge in [0, 0.05) is 39.3 Å². The van der Waals surface area contributed by atoms with Crippen molar-refractivity contribution in [3.05, 3.63) is 0 Å². The van der Waals surface area contributed by atoms with E-state index >= 15 is 0 Å². The second-order valence-corrected chi connectivity index (χ2v) is 7.98. The van der Waals surface area contributed by atoms with Crippen LogP contribution in [0.25, 0.3) is 0 Å². The predicted octanol–water partition coefficient (Wildman–Crippen LogP) is 0.727. The molecule has 3 heterocycles. The van der Waals surface area contributed by atoms with Crippen LogP contribution in [-0.2, 0) is 9.53 Å². The van der Waals surface area contributed by atoms with Crippen molar-refractivity contribution in [2.75, 3.05) is 79.1 Å². The summed E-state index contributed by atoms with van der Waals surface area (Å²) in [6, 6.07) is 0. The van der Waals surface area contributed by atoms with E-state index in [4.69, 9.17) is 4.74 Å². The number of amides is 1. The summed E-state index contributed by atoms with van der Waals surface area (Å²) in [5.74, 6) is 0.290. The van der Waals surface area contributed by atoms with Gasteiger partial charge in [-0.05, 0) is 58.9 Å². The Labute approximate surface area is 153 Å². The molecule has 1 amide bonds. The fraction of sp³-hybridized carbons (Fsp3) is 0.947. The molecule has 3 rings (SSSR count). The van der Waals surface area contributed by atoms with Crippen molar-refractivity contribution in [2.24, 2.45) is 0 Å². The van der Waals surface area contributed by atoms with Crippen molar-refractivity contribution in [1.29, 1.82) is 0 Å². The minimum absolute atomic E-state index is 0.180. The summed E-state index contributed by atoms with van der Waals surface area (Å²) < 4.78 is 6.05. The molecule has 3 aliphatic heterocycles. The first kappa shape index (κ1) is 19.1. The van der Waals surface area contributed by atoms with E-state index in [0.717, 1.165) is 65.3 Å². The van der Waals surface area contributed by atoms with Crippen molar-refractivity contribution in [2.45, 2.75) is 38.2 Å². The zero-order valence-electron chi connectivity index (χ0n) is 16.0. The molecule has 3 fully saturated rings. The predicted molar refractivity (Wildman–Crippen MR) is 99.8 cm³/mol. The van der Waals surface area contributed by atoms with Gasteiger partial charge >= 0.3 is 0 Å². The minimum atomic E-state index is 0.180. The molecular weight excluding hydrogens is 316 g/mol. The van der Waals surface area contributed by atoms with Crippen LogP contribution < -0.4 is 0 Å². The first-order valence-corrected chi connectivity index (χ1v) is 10.2. The van der Waals surface area contributed by atoms with Gasteiger partial charge in [-0.2, -0.15) is 0 Å². The average molecular weight is 353 g/mol. The lowest BCUT2D eigenvalue weighted by Gasteiger charge is -2.32. The Hall–Kier alpha value is -0.690. The van der Waals surface area contributed by atoms with E-state index in [0.29, 0.717) is 12.5 Å². The first-order valence-electron chi connectivity index (χ1n) is 10.2. The van der Waals surface area contributed by atoms with Crippen LogP contribution in [0.2, 0.25) is 0 Å². The molecule has 6 nitrogen and oxygen atoms in total. The number of hydrogen-bond acceptors (Lipinski definition) is 5. The van der Waals surface area contributed by atoms with E-state index in [1.165, 1.54) is 32.4 Å². The molecule has 0 N–H and O–H groups in total. The summed E-state index contributed by atoms with van der Waals surface area (Å²) in [6.45, 7) is 10.6. The number of piperidine rings is 1. The van der Waals surface area contributed by atoms with E-state index in [1.807, 2.05) is 0 Å². The molecule has 1 atom stereocenters. The van der Waals surface area contributed by atoms with Crippen LogP contribution in [-0.4, -0.2) is 111 Å². The van der Waals surface area contributed by atoms with E-state index in [1.54, 1.807) is 0 Å². The van der Waals surface area contributed by atoms with Gasteiger partial charge in [0.25, 0.3) is 0 Å². The fourth-order valence-electron chi connectivity index (χ4n) is 4.21. The second-order valence-electron chi connectivity index (χ2n) is 7.98. The summed E-state index contributed by atoms with van der Waals surface area (Å²) >= 11 is 0. The summed E-state index contributed by atoms with van der Waals surface area (Å²) in [6.07, 6.45) is 6.27. The summed E-state index contributed by atoms with van der Waals surface area (Å²) in [7, 11) is 2.17. The molecule has 0 bridgehead atoms. The molecule has 0 saturated carbocycles. The Balaban J connectivity index is 1.48. The molecule has 3 aliphatic rings. The Morgan fingerprint density at radius 2 is 1.68 bits per heavy atom. The summed E-state index contributed by atoms with van der Waals surface area (Å²) in [4.78, 5) is 22.1. The van der Waals surface area contributed by atoms with Crippen LogP contribution in [0.15, 0.2) is 0 Å². The second kappa shape index (κ2) is 9.86. The highest BCUT2D eigenvalue weighted by Crippen LogP contribution is 2.13. The standard InChI is InChI=1S/C19H36N4O2/c1-20-7-5-10-22(13-12-20)17-19(24)23-11-6-14-25-18(16-23)15-21-8-3-2-4-9-21/h18H,2-17H2,1H3/t18-/m0/s1. The molecule has 6 heteroatoms. The molecule has 0 aromatic rings.